The van der Waals surface area contributed by atoms with Crippen LogP contribution >= 0.6 is 15.9 Å². The Bertz CT molecular complexity index is 1420. The third kappa shape index (κ3) is 4.96. The lowest BCUT2D eigenvalue weighted by Crippen LogP contribution is -2.28. The van der Waals surface area contributed by atoms with Crippen molar-refractivity contribution in [2.24, 2.45) is 0 Å². The SMILES string of the molecule is Cc1cc(CNC(=O)c2cc(C(=O)NCc3ccc(F)c(C)c3)n3ncc(Br)c3n2)ccc1F. The van der Waals surface area contributed by atoms with E-state index in [2.05, 4.69) is 36.6 Å². The second-order valence-corrected chi connectivity index (χ2v) is 8.64. The summed E-state index contributed by atoms with van der Waals surface area (Å²) in [6, 6.07) is 10.5. The summed E-state index contributed by atoms with van der Waals surface area (Å²) in [6.07, 6.45) is 1.48. The summed E-state index contributed by atoms with van der Waals surface area (Å²) >= 11 is 3.33. The second kappa shape index (κ2) is 9.68. The van der Waals surface area contributed by atoms with E-state index in [-0.39, 0.29) is 36.1 Å². The third-order valence-corrected chi connectivity index (χ3v) is 5.80. The Labute approximate surface area is 202 Å². The molecule has 2 heterocycles. The normalized spacial score (nSPS) is 11.0. The van der Waals surface area contributed by atoms with Crippen LogP contribution in [0.2, 0.25) is 0 Å². The van der Waals surface area contributed by atoms with Gasteiger partial charge in [0.25, 0.3) is 11.8 Å². The number of carbonyl (C=O) groups excluding carboxylic acids is 2. The zero-order valence-corrected chi connectivity index (χ0v) is 19.9. The first-order chi connectivity index (χ1) is 16.2. The van der Waals surface area contributed by atoms with Gasteiger partial charge in [0, 0.05) is 19.2 Å². The molecule has 0 unspecified atom stereocenters. The first kappa shape index (κ1) is 23.5. The van der Waals surface area contributed by atoms with Crippen molar-refractivity contribution >= 4 is 33.4 Å². The Kier molecular flexibility index (Phi) is 6.69. The van der Waals surface area contributed by atoms with Gasteiger partial charge in [0.15, 0.2) is 5.65 Å². The van der Waals surface area contributed by atoms with Gasteiger partial charge in [0.2, 0.25) is 0 Å². The number of hydrogen-bond acceptors (Lipinski definition) is 4. The Morgan fingerprint density at radius 1 is 0.912 bits per heavy atom. The monoisotopic (exact) mass is 527 g/mol. The van der Waals surface area contributed by atoms with Crippen molar-refractivity contribution in [3.63, 3.8) is 0 Å². The van der Waals surface area contributed by atoms with Gasteiger partial charge in [-0.1, -0.05) is 24.3 Å². The number of amides is 2. The average Bonchev–Trinajstić information content (AvgIpc) is 3.20. The molecule has 2 aromatic carbocycles. The Hall–Kier alpha value is -3.66. The first-order valence-electron chi connectivity index (χ1n) is 10.3. The van der Waals surface area contributed by atoms with E-state index in [0.29, 0.717) is 21.2 Å². The van der Waals surface area contributed by atoms with Crippen LogP contribution in [0.1, 0.15) is 43.2 Å². The van der Waals surface area contributed by atoms with Gasteiger partial charge >= 0.3 is 0 Å². The Morgan fingerprint density at radius 2 is 1.47 bits per heavy atom. The number of nitrogens with one attached hydrogen (secondary N) is 2. The molecule has 4 aromatic rings. The van der Waals surface area contributed by atoms with Gasteiger partial charge in [-0.2, -0.15) is 5.10 Å². The fourth-order valence-corrected chi connectivity index (χ4v) is 3.74. The molecule has 0 aliphatic carbocycles. The van der Waals surface area contributed by atoms with Crippen molar-refractivity contribution in [3.8, 4) is 0 Å². The van der Waals surface area contributed by atoms with Crippen LogP contribution in [-0.4, -0.2) is 26.4 Å². The maximum Gasteiger partial charge on any atom is 0.270 e. The molecule has 0 saturated carbocycles. The molecule has 0 bridgehead atoms. The number of aryl methyl sites for hydroxylation is 2. The first-order valence-corrected chi connectivity index (χ1v) is 11.1. The van der Waals surface area contributed by atoms with Gasteiger partial charge in [0.1, 0.15) is 23.0 Å². The van der Waals surface area contributed by atoms with Crippen LogP contribution in [0.25, 0.3) is 5.65 Å². The standard InChI is InChI=1S/C24H20BrF2N5O2/c1-13-7-15(3-5-18(13)26)10-28-23(33)20-9-21(32-22(31-20)17(25)12-30-32)24(34)29-11-16-4-6-19(27)14(2)8-16/h3-9,12H,10-11H2,1-2H3,(H,28,33)(H,29,34). The maximum atomic E-state index is 13.5. The molecule has 2 amide bonds. The van der Waals surface area contributed by atoms with Crippen LogP contribution in [0.5, 0.6) is 0 Å². The number of halogens is 3. The molecule has 4 rings (SSSR count). The van der Waals surface area contributed by atoms with Crippen LogP contribution in [0.3, 0.4) is 0 Å². The number of carbonyl (C=O) groups is 2. The molecule has 0 aliphatic rings. The Morgan fingerprint density at radius 3 is 2.03 bits per heavy atom. The van der Waals surface area contributed by atoms with E-state index in [0.717, 1.165) is 11.1 Å². The summed E-state index contributed by atoms with van der Waals surface area (Å²) in [4.78, 5) is 30.1. The van der Waals surface area contributed by atoms with Crippen LogP contribution in [-0.2, 0) is 13.1 Å². The highest BCUT2D eigenvalue weighted by Gasteiger charge is 2.19. The molecule has 0 saturated heterocycles. The van der Waals surface area contributed by atoms with Gasteiger partial charge in [-0.05, 0) is 64.2 Å². The average molecular weight is 528 g/mol. The molecule has 0 aliphatic heterocycles. The van der Waals surface area contributed by atoms with E-state index in [1.165, 1.54) is 28.9 Å². The predicted octanol–water partition coefficient (Wildman–Crippen LogP) is 4.25. The van der Waals surface area contributed by atoms with E-state index in [9.17, 15) is 18.4 Å². The van der Waals surface area contributed by atoms with E-state index in [1.54, 1.807) is 38.1 Å². The summed E-state index contributed by atoms with van der Waals surface area (Å²) in [5.41, 5.74) is 2.84. The highest BCUT2D eigenvalue weighted by atomic mass is 79.9. The smallest absolute Gasteiger partial charge is 0.270 e. The minimum absolute atomic E-state index is 0.0234. The largest absolute Gasteiger partial charge is 0.347 e. The minimum atomic E-state index is -0.499. The van der Waals surface area contributed by atoms with E-state index < -0.39 is 11.8 Å². The van der Waals surface area contributed by atoms with Crippen LogP contribution in [0.4, 0.5) is 8.78 Å². The molecule has 2 aromatic heterocycles. The molecule has 10 heteroatoms. The molecular formula is C24H20BrF2N5O2. The zero-order valence-electron chi connectivity index (χ0n) is 18.3. The highest BCUT2D eigenvalue weighted by Crippen LogP contribution is 2.18. The number of fused-ring (bicyclic) bond motifs is 1. The second-order valence-electron chi connectivity index (χ2n) is 7.79. The summed E-state index contributed by atoms with van der Waals surface area (Å²) < 4.78 is 28.8. The van der Waals surface area contributed by atoms with Gasteiger partial charge < -0.3 is 10.6 Å². The molecule has 0 spiro atoms. The molecule has 0 fully saturated rings. The molecule has 34 heavy (non-hydrogen) atoms. The minimum Gasteiger partial charge on any atom is -0.347 e. The molecule has 7 nitrogen and oxygen atoms in total. The molecule has 0 radical (unpaired) electrons. The molecule has 0 atom stereocenters. The molecular weight excluding hydrogens is 508 g/mol. The summed E-state index contributed by atoms with van der Waals surface area (Å²) in [5.74, 6) is -1.62. The number of aromatic nitrogens is 3. The predicted molar refractivity (Wildman–Crippen MR) is 125 cm³/mol. The fraction of sp³-hybridized carbons (Fsp3) is 0.167. The van der Waals surface area contributed by atoms with E-state index >= 15 is 0 Å². The van der Waals surface area contributed by atoms with Crippen molar-refractivity contribution in [2.45, 2.75) is 26.9 Å². The lowest BCUT2D eigenvalue weighted by Gasteiger charge is -2.11. The molecule has 2 N–H and O–H groups in total. The van der Waals surface area contributed by atoms with Gasteiger partial charge in [-0.3, -0.25) is 9.59 Å². The van der Waals surface area contributed by atoms with Crippen molar-refractivity contribution in [2.75, 3.05) is 0 Å². The number of hydrogen-bond donors (Lipinski definition) is 2. The fourth-order valence-electron chi connectivity index (χ4n) is 3.39. The summed E-state index contributed by atoms with van der Waals surface area (Å²) in [6.45, 7) is 3.62. The summed E-state index contributed by atoms with van der Waals surface area (Å²) in [5, 5.41) is 9.67. The van der Waals surface area contributed by atoms with Crippen molar-refractivity contribution in [1.29, 1.82) is 0 Å². The molecule has 174 valence electrons. The van der Waals surface area contributed by atoms with E-state index in [1.807, 2.05) is 0 Å². The van der Waals surface area contributed by atoms with Crippen molar-refractivity contribution in [3.05, 3.63) is 98.4 Å². The van der Waals surface area contributed by atoms with Crippen molar-refractivity contribution in [1.82, 2.24) is 25.2 Å². The topological polar surface area (TPSA) is 88.4 Å². The lowest BCUT2D eigenvalue weighted by molar-refractivity contribution is 0.0942. The zero-order chi connectivity index (χ0) is 24.4. The van der Waals surface area contributed by atoms with Crippen LogP contribution in [0.15, 0.2) is 53.1 Å². The van der Waals surface area contributed by atoms with Crippen molar-refractivity contribution < 1.29 is 18.4 Å². The lowest BCUT2D eigenvalue weighted by atomic mass is 10.1. The van der Waals surface area contributed by atoms with Gasteiger partial charge in [0.05, 0.1) is 10.7 Å². The van der Waals surface area contributed by atoms with Crippen LogP contribution in [0, 0.1) is 25.5 Å². The van der Waals surface area contributed by atoms with E-state index in [4.69, 9.17) is 0 Å². The maximum absolute atomic E-state index is 13.5. The quantitative estimate of drug-likeness (QED) is 0.392. The Balaban J connectivity index is 1.55. The summed E-state index contributed by atoms with van der Waals surface area (Å²) in [7, 11) is 0. The van der Waals surface area contributed by atoms with Gasteiger partial charge in [-0.15, -0.1) is 0 Å². The van der Waals surface area contributed by atoms with Crippen LogP contribution < -0.4 is 10.6 Å². The number of rotatable bonds is 6. The third-order valence-electron chi connectivity index (χ3n) is 5.24. The number of benzene rings is 2. The number of nitrogens with zero attached hydrogens (tertiary/aromatic N) is 3. The van der Waals surface area contributed by atoms with Gasteiger partial charge in [-0.25, -0.2) is 18.3 Å². The highest BCUT2D eigenvalue weighted by molar-refractivity contribution is 9.10.